The average Bonchev–Trinajstić information content (AvgIpc) is 2.97. The largest absolute Gasteiger partial charge is 0.475 e. The molecule has 21 heavy (non-hydrogen) atoms. The maximum absolute atomic E-state index is 5.69. The van der Waals surface area contributed by atoms with Crippen molar-refractivity contribution in [2.75, 3.05) is 11.9 Å². The molecular weight excluding hydrogens is 338 g/mol. The summed E-state index contributed by atoms with van der Waals surface area (Å²) in [7, 11) is 0. The normalized spacial score (nSPS) is 14.4. The molecule has 2 bridgehead atoms. The van der Waals surface area contributed by atoms with Crippen molar-refractivity contribution >= 4 is 38.6 Å². The van der Waals surface area contributed by atoms with Gasteiger partial charge in [0.1, 0.15) is 10.3 Å². The lowest BCUT2D eigenvalue weighted by Crippen LogP contribution is -2.06. The molecule has 3 aromatic rings. The lowest BCUT2D eigenvalue weighted by Gasteiger charge is -2.06. The van der Waals surface area contributed by atoms with Crippen LogP contribution in [0.5, 0.6) is 5.88 Å². The van der Waals surface area contributed by atoms with Crippen LogP contribution >= 0.6 is 15.9 Å². The second kappa shape index (κ2) is 4.69. The molecule has 0 spiro atoms. The minimum absolute atomic E-state index is 0.484. The molecule has 1 aliphatic heterocycles. The fraction of sp³-hybridized carbons (Fsp3) is 0.333. The Hall–Kier alpha value is -2.16. The van der Waals surface area contributed by atoms with Gasteiger partial charge in [-0.25, -0.2) is 9.67 Å². The number of aromatic amines is 1. The molecule has 0 aromatic carbocycles. The summed E-state index contributed by atoms with van der Waals surface area (Å²) in [5.74, 6) is 0.985. The summed E-state index contributed by atoms with van der Waals surface area (Å²) in [5, 5.41) is 15.5. The number of rotatable bonds is 0. The second-order valence-electron chi connectivity index (χ2n) is 4.78. The first-order chi connectivity index (χ1) is 10.2. The zero-order valence-corrected chi connectivity index (χ0v) is 12.8. The van der Waals surface area contributed by atoms with Crippen LogP contribution in [0.3, 0.4) is 0 Å². The van der Waals surface area contributed by atoms with E-state index in [2.05, 4.69) is 46.5 Å². The van der Waals surface area contributed by atoms with Crippen LogP contribution in [0.2, 0.25) is 0 Å². The first-order valence-electron chi connectivity index (χ1n) is 6.56. The summed E-state index contributed by atoms with van der Waals surface area (Å²) in [5.41, 5.74) is 2.45. The Balaban J connectivity index is 1.88. The van der Waals surface area contributed by atoms with Crippen LogP contribution in [0.25, 0.3) is 11.0 Å². The van der Waals surface area contributed by atoms with E-state index in [9.17, 15) is 0 Å². The van der Waals surface area contributed by atoms with E-state index in [0.717, 1.165) is 29.7 Å². The number of anilines is 2. The van der Waals surface area contributed by atoms with E-state index in [4.69, 9.17) is 4.74 Å². The molecule has 9 heteroatoms. The van der Waals surface area contributed by atoms with Crippen molar-refractivity contribution in [3.63, 3.8) is 0 Å². The zero-order valence-electron chi connectivity index (χ0n) is 11.2. The Bertz CT molecular complexity index is 824. The van der Waals surface area contributed by atoms with Crippen LogP contribution in [-0.2, 0) is 6.54 Å². The Morgan fingerprint density at radius 2 is 2.33 bits per heavy atom. The first kappa shape index (κ1) is 12.6. The summed E-state index contributed by atoms with van der Waals surface area (Å²) in [4.78, 5) is 8.89. The smallest absolute Gasteiger partial charge is 0.257 e. The molecule has 108 valence electrons. The van der Waals surface area contributed by atoms with E-state index in [1.165, 1.54) is 0 Å². The van der Waals surface area contributed by atoms with Crippen molar-refractivity contribution in [2.24, 2.45) is 0 Å². The highest BCUT2D eigenvalue weighted by Gasteiger charge is 2.17. The van der Waals surface area contributed by atoms with Crippen LogP contribution < -0.4 is 10.1 Å². The van der Waals surface area contributed by atoms with Crippen molar-refractivity contribution in [3.8, 4) is 5.88 Å². The highest BCUT2D eigenvalue weighted by atomic mass is 79.9. The number of hydrogen-bond acceptors (Lipinski definition) is 6. The third-order valence-corrected chi connectivity index (χ3v) is 3.93. The monoisotopic (exact) mass is 349 g/mol. The molecule has 3 aromatic heterocycles. The van der Waals surface area contributed by atoms with E-state index in [-0.39, 0.29) is 0 Å². The number of H-pyrrole nitrogens is 1. The topological polar surface area (TPSA) is 93.5 Å². The number of fused-ring (bicyclic) bond motifs is 2. The standard InChI is InChI=1S/C12H12BrN7O/c1-6-7-5-14-12-15-8-9(13)17-18-11(8)21-4-2-3-20(19-6)10(7)16-12/h5H,2-4H2,1H3,(H,17,18)(H,14,15,16). The van der Waals surface area contributed by atoms with Gasteiger partial charge in [0.15, 0.2) is 5.65 Å². The quantitative estimate of drug-likeness (QED) is 0.645. The van der Waals surface area contributed by atoms with Gasteiger partial charge in [-0.3, -0.25) is 5.10 Å². The van der Waals surface area contributed by atoms with Crippen LogP contribution in [0, 0.1) is 6.92 Å². The maximum Gasteiger partial charge on any atom is 0.257 e. The van der Waals surface area contributed by atoms with E-state index in [1.54, 1.807) is 6.20 Å². The number of ether oxygens (including phenoxy) is 1. The predicted octanol–water partition coefficient (Wildman–Crippen LogP) is 2.15. The summed E-state index contributed by atoms with van der Waals surface area (Å²) in [6.07, 6.45) is 2.61. The van der Waals surface area contributed by atoms with Crippen molar-refractivity contribution in [1.82, 2.24) is 29.9 Å². The van der Waals surface area contributed by atoms with Crippen molar-refractivity contribution in [3.05, 3.63) is 16.5 Å². The van der Waals surface area contributed by atoms with Gasteiger partial charge >= 0.3 is 0 Å². The Kier molecular flexibility index (Phi) is 2.81. The molecule has 0 fully saturated rings. The first-order valence-corrected chi connectivity index (χ1v) is 7.35. The van der Waals surface area contributed by atoms with Crippen molar-refractivity contribution in [2.45, 2.75) is 19.9 Å². The number of aryl methyl sites for hydroxylation is 2. The van der Waals surface area contributed by atoms with Crippen LogP contribution in [0.15, 0.2) is 10.8 Å². The van der Waals surface area contributed by atoms with E-state index >= 15 is 0 Å². The van der Waals surface area contributed by atoms with E-state index in [1.807, 2.05) is 11.6 Å². The molecule has 0 saturated carbocycles. The molecule has 0 amide bonds. The molecular formula is C12H12BrN7O. The Labute approximate surface area is 128 Å². The van der Waals surface area contributed by atoms with Gasteiger partial charge in [0, 0.05) is 19.2 Å². The van der Waals surface area contributed by atoms with Crippen LogP contribution in [0.4, 0.5) is 11.6 Å². The van der Waals surface area contributed by atoms with Crippen LogP contribution in [-0.4, -0.2) is 36.6 Å². The van der Waals surface area contributed by atoms with Gasteiger partial charge in [0.2, 0.25) is 5.95 Å². The summed E-state index contributed by atoms with van der Waals surface area (Å²) < 4.78 is 8.28. The third-order valence-electron chi connectivity index (χ3n) is 3.35. The molecule has 0 unspecified atom stereocenters. The molecule has 1 aliphatic rings. The van der Waals surface area contributed by atoms with Gasteiger partial charge < -0.3 is 10.1 Å². The van der Waals surface area contributed by atoms with Crippen molar-refractivity contribution in [1.29, 1.82) is 0 Å². The summed E-state index contributed by atoms with van der Waals surface area (Å²) in [6, 6.07) is 0. The van der Waals surface area contributed by atoms with Crippen LogP contribution in [0.1, 0.15) is 12.1 Å². The summed E-state index contributed by atoms with van der Waals surface area (Å²) >= 11 is 3.40. The van der Waals surface area contributed by atoms with Crippen molar-refractivity contribution < 1.29 is 4.74 Å². The van der Waals surface area contributed by atoms with Gasteiger partial charge in [0.25, 0.3) is 5.88 Å². The number of aromatic nitrogens is 6. The van der Waals surface area contributed by atoms with E-state index in [0.29, 0.717) is 28.7 Å². The minimum Gasteiger partial charge on any atom is -0.475 e. The highest BCUT2D eigenvalue weighted by Crippen LogP contribution is 2.32. The average molecular weight is 350 g/mol. The minimum atomic E-state index is 0.484. The zero-order chi connectivity index (χ0) is 14.4. The fourth-order valence-corrected chi connectivity index (χ4v) is 2.69. The van der Waals surface area contributed by atoms with Gasteiger partial charge in [-0.1, -0.05) is 0 Å². The number of halogens is 1. The Morgan fingerprint density at radius 3 is 3.24 bits per heavy atom. The highest BCUT2D eigenvalue weighted by molar-refractivity contribution is 9.10. The molecule has 4 rings (SSSR count). The third kappa shape index (κ3) is 2.04. The molecule has 4 heterocycles. The van der Waals surface area contributed by atoms with E-state index < -0.39 is 0 Å². The molecule has 8 nitrogen and oxygen atoms in total. The predicted molar refractivity (Wildman–Crippen MR) is 79.7 cm³/mol. The Morgan fingerprint density at radius 1 is 1.43 bits per heavy atom. The molecule has 0 radical (unpaired) electrons. The number of hydrogen-bond donors (Lipinski definition) is 2. The molecule has 0 saturated heterocycles. The fourth-order valence-electron chi connectivity index (χ4n) is 2.34. The molecule has 0 aliphatic carbocycles. The van der Waals surface area contributed by atoms with Gasteiger partial charge in [-0.2, -0.15) is 10.1 Å². The number of nitrogens with zero attached hydrogens (tertiary/aromatic N) is 5. The second-order valence-corrected chi connectivity index (χ2v) is 5.58. The summed E-state index contributed by atoms with van der Waals surface area (Å²) in [6.45, 7) is 3.25. The lowest BCUT2D eigenvalue weighted by molar-refractivity contribution is 0.290. The van der Waals surface area contributed by atoms with Gasteiger partial charge in [-0.05, 0) is 22.9 Å². The molecule has 0 atom stereocenters. The molecule has 2 N–H and O–H groups in total. The van der Waals surface area contributed by atoms with Gasteiger partial charge in [-0.15, -0.1) is 5.10 Å². The lowest BCUT2D eigenvalue weighted by atomic mass is 10.3. The maximum atomic E-state index is 5.69. The number of nitrogens with one attached hydrogen (secondary N) is 2. The SMILES string of the molecule is Cc1nn2c3nc(ncc13)Nc1c(n[nH]c1Br)OCCC2. The van der Waals surface area contributed by atoms with Gasteiger partial charge in [0.05, 0.1) is 17.7 Å².